The predicted octanol–water partition coefficient (Wildman–Crippen LogP) is 8.10. The average molecular weight is 647 g/mol. The second-order valence-electron chi connectivity index (χ2n) is 11.3. The molecule has 0 radical (unpaired) electrons. The summed E-state index contributed by atoms with van der Waals surface area (Å²) in [5.41, 5.74) is 2.34. The quantitative estimate of drug-likeness (QED) is 0.192. The molecule has 2 aliphatic rings. The molecular formula is C32H31ClN6O5S. The Hall–Kier alpha value is -4.81. The van der Waals surface area contributed by atoms with E-state index < -0.39 is 6.03 Å². The molecule has 1 atom stereocenters. The number of halogens is 1. The monoisotopic (exact) mass is 646 g/mol. The van der Waals surface area contributed by atoms with Crippen LogP contribution in [0, 0.1) is 0 Å². The Labute approximate surface area is 269 Å². The van der Waals surface area contributed by atoms with Gasteiger partial charge in [0.05, 0.1) is 28.7 Å². The highest BCUT2D eigenvalue weighted by molar-refractivity contribution is 8.00. The normalized spacial score (nSPS) is 15.1. The van der Waals surface area contributed by atoms with Crippen LogP contribution >= 0.6 is 23.4 Å². The smallest absolute Gasteiger partial charge is 0.416 e. The third kappa shape index (κ3) is 6.24. The van der Waals surface area contributed by atoms with Gasteiger partial charge < -0.3 is 24.8 Å². The topological polar surface area (TPSA) is 121 Å². The maximum Gasteiger partial charge on any atom is 0.416 e. The van der Waals surface area contributed by atoms with E-state index in [0.717, 1.165) is 16.3 Å². The van der Waals surface area contributed by atoms with Crippen molar-refractivity contribution in [1.29, 1.82) is 0 Å². The molecule has 11 nitrogen and oxygen atoms in total. The first kappa shape index (κ1) is 30.2. The van der Waals surface area contributed by atoms with E-state index in [2.05, 4.69) is 15.7 Å². The fourth-order valence-corrected chi connectivity index (χ4v) is 6.15. The van der Waals surface area contributed by atoms with Gasteiger partial charge in [0.2, 0.25) is 0 Å². The molecule has 4 aromatic rings. The zero-order valence-electron chi connectivity index (χ0n) is 24.9. The number of hydrogen-bond acceptors (Lipinski definition) is 8. The zero-order chi connectivity index (χ0) is 31.9. The van der Waals surface area contributed by atoms with Crippen molar-refractivity contribution in [2.75, 3.05) is 22.1 Å². The van der Waals surface area contributed by atoms with Crippen LogP contribution in [0.15, 0.2) is 84.0 Å². The van der Waals surface area contributed by atoms with Gasteiger partial charge in [-0.15, -0.1) is 0 Å². The number of amides is 3. The Bertz CT molecular complexity index is 1800. The van der Waals surface area contributed by atoms with E-state index in [-0.39, 0.29) is 27.8 Å². The number of nitrogens with zero attached hydrogens (tertiary/aromatic N) is 4. The average Bonchev–Trinajstić information content (AvgIpc) is 3.70. The lowest BCUT2D eigenvalue weighted by Gasteiger charge is -2.23. The van der Waals surface area contributed by atoms with Crippen LogP contribution in [0.1, 0.15) is 33.4 Å². The molecular weight excluding hydrogens is 616 g/mol. The van der Waals surface area contributed by atoms with E-state index in [4.69, 9.17) is 21.1 Å². The van der Waals surface area contributed by atoms with E-state index in [9.17, 15) is 14.7 Å². The van der Waals surface area contributed by atoms with E-state index in [1.54, 1.807) is 76.9 Å². The molecule has 3 amide bonds. The summed E-state index contributed by atoms with van der Waals surface area (Å²) >= 11 is 7.70. The van der Waals surface area contributed by atoms with Crippen LogP contribution in [0.4, 0.5) is 26.8 Å². The van der Waals surface area contributed by atoms with Crippen molar-refractivity contribution in [2.45, 2.75) is 43.5 Å². The van der Waals surface area contributed by atoms with Crippen LogP contribution in [-0.4, -0.2) is 44.0 Å². The lowest BCUT2D eigenvalue weighted by molar-refractivity contribution is 0.122. The number of urea groups is 1. The Morgan fingerprint density at radius 3 is 2.47 bits per heavy atom. The van der Waals surface area contributed by atoms with Crippen molar-refractivity contribution >= 4 is 52.7 Å². The second-order valence-corrected chi connectivity index (χ2v) is 12.8. The number of thioether (sulfide) groups is 1. The summed E-state index contributed by atoms with van der Waals surface area (Å²) in [5, 5.41) is 20.4. The molecule has 0 saturated heterocycles. The number of ether oxygens (including phenoxy) is 2. The van der Waals surface area contributed by atoms with E-state index in [1.165, 1.54) is 6.07 Å². The number of hydrogen-bond donors (Lipinski definition) is 3. The van der Waals surface area contributed by atoms with Gasteiger partial charge in [0.15, 0.2) is 5.50 Å². The SMILES string of the molecule is CCOC(=O)N1C=CN2c3cc(Oc4ccc(NC(=O)Nc5cc(C(C)(C)C)nn5-c5ccc(O)c(Cl)c5)cc4)ccc3SC12. The van der Waals surface area contributed by atoms with E-state index in [0.29, 0.717) is 35.3 Å². The van der Waals surface area contributed by atoms with Crippen LogP contribution in [0.5, 0.6) is 17.2 Å². The minimum atomic E-state index is -0.462. The third-order valence-corrected chi connectivity index (χ3v) is 8.59. The van der Waals surface area contributed by atoms with Crippen LogP contribution in [0.2, 0.25) is 5.02 Å². The van der Waals surface area contributed by atoms with Crippen LogP contribution in [0.25, 0.3) is 5.69 Å². The molecule has 3 aromatic carbocycles. The lowest BCUT2D eigenvalue weighted by Crippen LogP contribution is -2.37. The van der Waals surface area contributed by atoms with E-state index >= 15 is 0 Å². The first-order valence-electron chi connectivity index (χ1n) is 14.2. The highest BCUT2D eigenvalue weighted by Gasteiger charge is 2.39. The Balaban J connectivity index is 1.11. The van der Waals surface area contributed by atoms with Crippen LogP contribution in [0.3, 0.4) is 0 Å². The molecule has 3 heterocycles. The van der Waals surface area contributed by atoms with Gasteiger partial charge in [0.25, 0.3) is 0 Å². The first-order valence-corrected chi connectivity index (χ1v) is 15.4. The summed E-state index contributed by atoms with van der Waals surface area (Å²) in [5.74, 6) is 1.62. The number of aromatic hydroxyl groups is 1. The molecule has 0 saturated carbocycles. The number of carbonyl (C=O) groups excluding carboxylic acids is 2. The Morgan fingerprint density at radius 1 is 1.00 bits per heavy atom. The molecule has 3 N–H and O–H groups in total. The highest BCUT2D eigenvalue weighted by Crippen LogP contribution is 2.49. The summed E-state index contributed by atoms with van der Waals surface area (Å²) in [6.07, 6.45) is 3.18. The van der Waals surface area contributed by atoms with Gasteiger partial charge in [0, 0.05) is 40.5 Å². The first-order chi connectivity index (χ1) is 21.5. The summed E-state index contributed by atoms with van der Waals surface area (Å²) in [7, 11) is 0. The fraction of sp³-hybridized carbons (Fsp3) is 0.219. The van der Waals surface area contributed by atoms with Crippen molar-refractivity contribution in [3.63, 3.8) is 0 Å². The maximum atomic E-state index is 13.0. The largest absolute Gasteiger partial charge is 0.506 e. The van der Waals surface area contributed by atoms with Gasteiger partial charge in [-0.2, -0.15) is 5.10 Å². The molecule has 0 bridgehead atoms. The molecule has 1 unspecified atom stereocenters. The number of anilines is 3. The molecule has 232 valence electrons. The second kappa shape index (κ2) is 11.9. The van der Waals surface area contributed by atoms with Crippen molar-refractivity contribution in [3.05, 3.63) is 89.8 Å². The van der Waals surface area contributed by atoms with Crippen molar-refractivity contribution in [1.82, 2.24) is 14.7 Å². The van der Waals surface area contributed by atoms with Crippen molar-refractivity contribution in [2.24, 2.45) is 0 Å². The molecule has 45 heavy (non-hydrogen) atoms. The van der Waals surface area contributed by atoms with Gasteiger partial charge >= 0.3 is 12.1 Å². The molecule has 0 spiro atoms. The van der Waals surface area contributed by atoms with Gasteiger partial charge in [-0.3, -0.25) is 10.2 Å². The fourth-order valence-electron chi connectivity index (χ4n) is 4.74. The Kier molecular flexibility index (Phi) is 8.02. The maximum absolute atomic E-state index is 13.0. The number of phenols is 1. The predicted molar refractivity (Wildman–Crippen MR) is 175 cm³/mol. The summed E-state index contributed by atoms with van der Waals surface area (Å²) in [4.78, 5) is 29.9. The minimum absolute atomic E-state index is 0.0433. The van der Waals surface area contributed by atoms with Crippen molar-refractivity contribution in [3.8, 4) is 22.9 Å². The molecule has 0 fully saturated rings. The number of nitrogens with one attached hydrogen (secondary N) is 2. The van der Waals surface area contributed by atoms with Crippen molar-refractivity contribution < 1.29 is 24.2 Å². The Morgan fingerprint density at radius 2 is 1.76 bits per heavy atom. The molecule has 1 aromatic heterocycles. The highest BCUT2D eigenvalue weighted by atomic mass is 35.5. The zero-order valence-corrected chi connectivity index (χ0v) is 26.5. The van der Waals surface area contributed by atoms with Crippen LogP contribution < -0.4 is 20.3 Å². The van der Waals surface area contributed by atoms with Crippen LogP contribution in [-0.2, 0) is 10.2 Å². The molecule has 6 rings (SSSR count). The number of carbonyl (C=O) groups is 2. The number of phenolic OH excluding ortho intramolecular Hbond substituents is 1. The minimum Gasteiger partial charge on any atom is -0.506 e. The molecule has 2 aliphatic heterocycles. The molecule has 13 heteroatoms. The summed E-state index contributed by atoms with van der Waals surface area (Å²) in [6.45, 7) is 8.17. The number of rotatable bonds is 6. The van der Waals surface area contributed by atoms with E-state index in [1.807, 2.05) is 50.1 Å². The molecule has 0 aliphatic carbocycles. The number of aromatic nitrogens is 2. The lowest BCUT2D eigenvalue weighted by atomic mass is 9.92. The van der Waals surface area contributed by atoms with Gasteiger partial charge in [-0.25, -0.2) is 14.3 Å². The van der Waals surface area contributed by atoms with Gasteiger partial charge in [-0.1, -0.05) is 44.1 Å². The van der Waals surface area contributed by atoms with Gasteiger partial charge in [0.1, 0.15) is 23.1 Å². The summed E-state index contributed by atoms with van der Waals surface area (Å²) in [6, 6.07) is 18.8. The third-order valence-electron chi connectivity index (χ3n) is 7.03. The van der Waals surface area contributed by atoms with Gasteiger partial charge in [-0.05, 0) is 61.5 Å². The summed E-state index contributed by atoms with van der Waals surface area (Å²) < 4.78 is 12.8. The number of benzene rings is 3. The number of fused-ring (bicyclic) bond motifs is 3. The standard InChI is InChI=1S/C32H31ClN6O5S/c1-5-43-31(42)38-15-14-37-24-17-22(11-13-26(24)45-30(37)38)44-21-9-6-19(7-10-21)34-29(41)35-28-18-27(32(2,3)4)36-39(28)20-8-12-25(40)23(33)16-20/h6-18,30,40H,5H2,1-4H3,(H2,34,35,41).